The van der Waals surface area contributed by atoms with Crippen molar-refractivity contribution < 1.29 is 38.6 Å². The average Bonchev–Trinajstić information content (AvgIpc) is 2.92. The average molecular weight is 557 g/mol. The molecular weight excluding hydrogens is 520 g/mol. The van der Waals surface area contributed by atoms with Gasteiger partial charge in [-0.15, -0.1) is 0 Å². The van der Waals surface area contributed by atoms with E-state index in [0.717, 1.165) is 5.56 Å². The topological polar surface area (TPSA) is 186 Å². The number of anilines is 1. The Morgan fingerprint density at radius 1 is 1.02 bits per heavy atom. The molecule has 12 nitrogen and oxygen atoms in total. The van der Waals surface area contributed by atoms with Crippen molar-refractivity contribution in [3.63, 3.8) is 0 Å². The number of nitrogens with two attached hydrogens (primary N) is 1. The van der Waals surface area contributed by atoms with Crippen molar-refractivity contribution in [2.24, 2.45) is 17.6 Å². The zero-order valence-electron chi connectivity index (χ0n) is 22.8. The van der Waals surface area contributed by atoms with E-state index in [1.165, 1.54) is 25.3 Å². The van der Waals surface area contributed by atoms with Crippen LogP contribution in [0.1, 0.15) is 49.0 Å². The Balaban J connectivity index is 2.10. The molecule has 0 unspecified atom stereocenters. The van der Waals surface area contributed by atoms with Crippen molar-refractivity contribution in [3.05, 3.63) is 59.7 Å². The highest BCUT2D eigenvalue weighted by atomic mass is 16.5. The summed E-state index contributed by atoms with van der Waals surface area (Å²) in [5.41, 5.74) is 6.01. The number of hydrogen-bond donors (Lipinski definition) is 5. The van der Waals surface area contributed by atoms with Gasteiger partial charge in [-0.25, -0.2) is 14.4 Å². The van der Waals surface area contributed by atoms with Crippen LogP contribution in [0.5, 0.6) is 5.75 Å². The van der Waals surface area contributed by atoms with Gasteiger partial charge in [-0.1, -0.05) is 44.2 Å². The molecule has 0 heterocycles. The number of nitrogens with one attached hydrogen (secondary N) is 3. The number of amides is 4. The van der Waals surface area contributed by atoms with Crippen LogP contribution in [0, 0.1) is 11.8 Å². The van der Waals surface area contributed by atoms with Gasteiger partial charge >= 0.3 is 18.1 Å². The monoisotopic (exact) mass is 556 g/mol. The fraction of sp³-hybridized carbons (Fsp3) is 0.393. The van der Waals surface area contributed by atoms with Gasteiger partial charge in [-0.2, -0.15) is 0 Å². The Labute approximate surface area is 232 Å². The number of ether oxygens (including phenoxy) is 2. The van der Waals surface area contributed by atoms with Crippen molar-refractivity contribution in [3.8, 4) is 5.75 Å². The number of alkyl carbamates (subject to hydrolysis) is 1. The fourth-order valence-electron chi connectivity index (χ4n) is 3.90. The van der Waals surface area contributed by atoms with Crippen LogP contribution in [0.4, 0.5) is 15.3 Å². The number of carbonyl (C=O) groups is 5. The lowest BCUT2D eigenvalue weighted by Crippen LogP contribution is -2.45. The SMILES string of the molecule is COC(=O)c1ccc(NC(=O)[C@H](CCCNC(N)=O)CC(=O)[C@@H](NC(=O)OCc2ccccc2)C(C)C)cc1O. The van der Waals surface area contributed by atoms with E-state index in [-0.39, 0.29) is 54.7 Å². The maximum absolute atomic E-state index is 13.3. The quantitative estimate of drug-likeness (QED) is 0.173. The van der Waals surface area contributed by atoms with Crippen LogP contribution in [-0.2, 0) is 25.7 Å². The van der Waals surface area contributed by atoms with Crippen molar-refractivity contribution in [1.29, 1.82) is 0 Å². The third kappa shape index (κ3) is 10.3. The predicted molar refractivity (Wildman–Crippen MR) is 146 cm³/mol. The van der Waals surface area contributed by atoms with Crippen LogP contribution in [0.3, 0.4) is 0 Å². The second-order valence-electron chi connectivity index (χ2n) is 9.44. The van der Waals surface area contributed by atoms with E-state index in [1.807, 2.05) is 18.2 Å². The van der Waals surface area contributed by atoms with Crippen LogP contribution in [0.2, 0.25) is 0 Å². The summed E-state index contributed by atoms with van der Waals surface area (Å²) in [5, 5.41) is 17.8. The molecule has 2 rings (SSSR count). The molecule has 0 fully saturated rings. The molecule has 2 atom stereocenters. The van der Waals surface area contributed by atoms with Gasteiger partial charge in [-0.3, -0.25) is 9.59 Å². The lowest BCUT2D eigenvalue weighted by atomic mass is 9.89. The summed E-state index contributed by atoms with van der Waals surface area (Å²) >= 11 is 0. The maximum atomic E-state index is 13.3. The Morgan fingerprint density at radius 2 is 1.73 bits per heavy atom. The Kier molecular flexibility index (Phi) is 12.4. The van der Waals surface area contributed by atoms with Gasteiger partial charge in [0, 0.05) is 30.6 Å². The summed E-state index contributed by atoms with van der Waals surface area (Å²) < 4.78 is 9.84. The van der Waals surface area contributed by atoms with Crippen molar-refractivity contribution in [2.45, 2.75) is 45.8 Å². The maximum Gasteiger partial charge on any atom is 0.408 e. The van der Waals surface area contributed by atoms with E-state index in [1.54, 1.807) is 26.0 Å². The third-order valence-corrected chi connectivity index (χ3v) is 6.02. The molecule has 0 saturated heterocycles. The molecule has 12 heteroatoms. The molecule has 2 aromatic rings. The zero-order valence-corrected chi connectivity index (χ0v) is 22.8. The number of esters is 1. The molecule has 0 spiro atoms. The molecule has 216 valence electrons. The summed E-state index contributed by atoms with van der Waals surface area (Å²) in [6.07, 6.45) is -0.410. The predicted octanol–water partition coefficient (Wildman–Crippen LogP) is 3.09. The summed E-state index contributed by atoms with van der Waals surface area (Å²) in [6, 6.07) is 11.4. The van der Waals surface area contributed by atoms with Gasteiger partial charge in [-0.05, 0) is 36.5 Å². The fourth-order valence-corrected chi connectivity index (χ4v) is 3.90. The number of carbonyl (C=O) groups excluding carboxylic acids is 5. The number of primary amides is 1. The molecule has 0 radical (unpaired) electrons. The number of phenols is 1. The molecule has 6 N–H and O–H groups in total. The van der Waals surface area contributed by atoms with Crippen LogP contribution in [0.25, 0.3) is 0 Å². The van der Waals surface area contributed by atoms with E-state index < -0.39 is 36.0 Å². The number of hydrogen-bond acceptors (Lipinski definition) is 8. The highest BCUT2D eigenvalue weighted by Gasteiger charge is 2.30. The summed E-state index contributed by atoms with van der Waals surface area (Å²) in [7, 11) is 1.18. The second kappa shape index (κ2) is 15.7. The largest absolute Gasteiger partial charge is 0.507 e. The van der Waals surface area contributed by atoms with Crippen molar-refractivity contribution in [2.75, 3.05) is 19.0 Å². The Morgan fingerprint density at radius 3 is 2.33 bits per heavy atom. The lowest BCUT2D eigenvalue weighted by Gasteiger charge is -2.24. The molecule has 2 aromatic carbocycles. The molecule has 0 aliphatic carbocycles. The lowest BCUT2D eigenvalue weighted by molar-refractivity contribution is -0.128. The molecule has 0 bridgehead atoms. The van der Waals surface area contributed by atoms with E-state index in [9.17, 15) is 29.1 Å². The minimum Gasteiger partial charge on any atom is -0.507 e. The summed E-state index contributed by atoms with van der Waals surface area (Å²) in [4.78, 5) is 61.6. The highest BCUT2D eigenvalue weighted by Crippen LogP contribution is 2.24. The van der Waals surface area contributed by atoms with Gasteiger partial charge in [0.25, 0.3) is 0 Å². The Bertz CT molecular complexity index is 1190. The van der Waals surface area contributed by atoms with Crippen LogP contribution in [0.15, 0.2) is 48.5 Å². The van der Waals surface area contributed by atoms with Crippen LogP contribution >= 0.6 is 0 Å². The first-order chi connectivity index (χ1) is 19.0. The smallest absolute Gasteiger partial charge is 0.408 e. The minimum absolute atomic E-state index is 0.0329. The first-order valence-corrected chi connectivity index (χ1v) is 12.8. The minimum atomic E-state index is -0.911. The number of phenolic OH excluding ortho intramolecular Hbond substituents is 1. The standard InChI is InChI=1S/C28H36N4O8/c1-17(2)24(32-28(38)40-16-18-8-5-4-6-9-18)23(34)14-19(10-7-13-30-27(29)37)25(35)31-20-11-12-21(22(33)15-20)26(36)39-3/h4-6,8-9,11-12,15,17,19,24,33H,7,10,13-14,16H2,1-3H3,(H,31,35)(H,32,38)(H3,29,30,37)/t19-,24+/m1/s1. The van der Waals surface area contributed by atoms with Crippen LogP contribution in [-0.4, -0.2) is 54.6 Å². The summed E-state index contributed by atoms with van der Waals surface area (Å²) in [5.74, 6) is -3.16. The van der Waals surface area contributed by atoms with Gasteiger partial charge < -0.3 is 36.3 Å². The normalized spacial score (nSPS) is 12.1. The molecule has 0 aromatic heterocycles. The number of urea groups is 1. The number of rotatable bonds is 14. The second-order valence-corrected chi connectivity index (χ2v) is 9.44. The number of Topliss-reactive ketones (excluding diaryl/α,β-unsaturated/α-hetero) is 1. The molecule has 0 aliphatic heterocycles. The van der Waals surface area contributed by atoms with E-state index in [0.29, 0.717) is 6.42 Å². The van der Waals surface area contributed by atoms with E-state index in [4.69, 9.17) is 10.5 Å². The summed E-state index contributed by atoms with van der Waals surface area (Å²) in [6.45, 7) is 3.75. The molecule has 0 aliphatic rings. The van der Waals surface area contributed by atoms with Crippen molar-refractivity contribution >= 4 is 35.5 Å². The van der Waals surface area contributed by atoms with Crippen molar-refractivity contribution in [1.82, 2.24) is 10.6 Å². The number of aromatic hydroxyl groups is 1. The van der Waals surface area contributed by atoms with Gasteiger partial charge in [0.2, 0.25) is 5.91 Å². The number of ketones is 1. The first-order valence-electron chi connectivity index (χ1n) is 12.8. The van der Waals surface area contributed by atoms with Crippen LogP contribution < -0.4 is 21.7 Å². The number of benzene rings is 2. The molecule has 40 heavy (non-hydrogen) atoms. The Hall–Kier alpha value is -4.61. The third-order valence-electron chi connectivity index (χ3n) is 6.02. The number of methoxy groups -OCH3 is 1. The van der Waals surface area contributed by atoms with E-state index in [2.05, 4.69) is 20.7 Å². The highest BCUT2D eigenvalue weighted by molar-refractivity contribution is 5.98. The van der Waals surface area contributed by atoms with Gasteiger partial charge in [0.05, 0.1) is 13.2 Å². The molecule has 4 amide bonds. The zero-order chi connectivity index (χ0) is 29.7. The molecule has 0 saturated carbocycles. The van der Waals surface area contributed by atoms with Gasteiger partial charge in [0.1, 0.15) is 17.9 Å². The van der Waals surface area contributed by atoms with Gasteiger partial charge in [0.15, 0.2) is 5.78 Å². The molecular formula is C28H36N4O8. The van der Waals surface area contributed by atoms with E-state index >= 15 is 0 Å². The first kappa shape index (κ1) is 31.6.